The summed E-state index contributed by atoms with van der Waals surface area (Å²) in [4.78, 5) is 0. The normalized spacial score (nSPS) is 12.5. The van der Waals surface area contributed by atoms with Crippen molar-refractivity contribution in [3.8, 4) is 5.75 Å². The van der Waals surface area contributed by atoms with Crippen LogP contribution >= 0.6 is 0 Å². The van der Waals surface area contributed by atoms with Gasteiger partial charge in [0.1, 0.15) is 5.75 Å². The molecule has 3 N–H and O–H groups in total. The van der Waals surface area contributed by atoms with Gasteiger partial charge in [0, 0.05) is 5.69 Å². The van der Waals surface area contributed by atoms with Crippen LogP contribution in [0.4, 0.5) is 5.69 Å². The summed E-state index contributed by atoms with van der Waals surface area (Å²) >= 11 is -2.29. The molecule has 5 heteroatoms. The maximum Gasteiger partial charge on any atom is 0.357 e. The number of nitrogens with two attached hydrogens (primary N) is 1. The Morgan fingerprint density at radius 3 is 1.89 bits per heavy atom. The lowest BCUT2D eigenvalue weighted by molar-refractivity contribution is 0.458. The molecule has 0 bridgehead atoms. The molecule has 1 unspecified atom stereocenters. The lowest BCUT2D eigenvalue weighted by Gasteiger charge is -2.00. The van der Waals surface area contributed by atoms with Crippen molar-refractivity contribution in [3.63, 3.8) is 0 Å². The van der Waals surface area contributed by atoms with Crippen LogP contribution in [0.5, 0.6) is 5.75 Å². The zero-order chi connectivity index (χ0) is 13.7. The zero-order valence-corrected chi connectivity index (χ0v) is 10.8. The maximum atomic E-state index is 10.5. The minimum Gasteiger partial charge on any atom is -0.399 e. The summed E-state index contributed by atoms with van der Waals surface area (Å²) in [6.07, 6.45) is 3.89. The molecule has 0 aliphatic carbocycles. The Kier molecular flexibility index (Phi) is 4.33. The van der Waals surface area contributed by atoms with Crippen LogP contribution in [-0.4, -0.2) is 8.76 Å². The third kappa shape index (κ3) is 4.24. The van der Waals surface area contributed by atoms with Crippen LogP contribution in [0, 0.1) is 0 Å². The predicted octanol–water partition coefficient (Wildman–Crippen LogP) is 2.95. The quantitative estimate of drug-likeness (QED) is 0.511. The molecule has 0 saturated heterocycles. The highest BCUT2D eigenvalue weighted by Gasteiger charge is 1.97. The Labute approximate surface area is 114 Å². The van der Waals surface area contributed by atoms with E-state index >= 15 is 0 Å². The maximum absolute atomic E-state index is 10.5. The summed E-state index contributed by atoms with van der Waals surface area (Å²) in [7, 11) is 0. The third-order valence-electron chi connectivity index (χ3n) is 2.45. The molecule has 0 spiro atoms. The molecule has 1 atom stereocenters. The number of anilines is 1. The molecule has 0 amide bonds. The molecule has 2 rings (SSSR count). The fourth-order valence-electron chi connectivity index (χ4n) is 1.52. The highest BCUT2D eigenvalue weighted by molar-refractivity contribution is 7.74. The summed E-state index contributed by atoms with van der Waals surface area (Å²) in [6, 6.07) is 14.4. The van der Waals surface area contributed by atoms with E-state index in [4.69, 9.17) is 10.3 Å². The first kappa shape index (κ1) is 13.3. The first-order chi connectivity index (χ1) is 9.13. The number of rotatable bonds is 4. The van der Waals surface area contributed by atoms with Crippen LogP contribution < -0.4 is 9.92 Å². The number of nitrogen functional groups attached to an aromatic ring is 1. The monoisotopic (exact) mass is 275 g/mol. The summed E-state index contributed by atoms with van der Waals surface area (Å²) in [6.45, 7) is 0. The van der Waals surface area contributed by atoms with Crippen LogP contribution in [0.25, 0.3) is 12.2 Å². The van der Waals surface area contributed by atoms with Crippen LogP contribution in [0.15, 0.2) is 48.5 Å². The third-order valence-corrected chi connectivity index (χ3v) is 2.79. The Balaban J connectivity index is 2.06. The highest BCUT2D eigenvalue weighted by Crippen LogP contribution is 2.15. The first-order valence-corrected chi connectivity index (χ1v) is 6.59. The first-order valence-electron chi connectivity index (χ1n) is 5.56. The van der Waals surface area contributed by atoms with Crippen molar-refractivity contribution < 1.29 is 12.9 Å². The molecule has 2 aromatic rings. The Morgan fingerprint density at radius 2 is 1.42 bits per heavy atom. The van der Waals surface area contributed by atoms with Gasteiger partial charge < -0.3 is 9.92 Å². The summed E-state index contributed by atoms with van der Waals surface area (Å²) < 4.78 is 23.7. The molecule has 0 aromatic heterocycles. The molecule has 4 nitrogen and oxygen atoms in total. The van der Waals surface area contributed by atoms with E-state index < -0.39 is 11.4 Å². The van der Waals surface area contributed by atoms with E-state index in [9.17, 15) is 4.21 Å². The van der Waals surface area contributed by atoms with Gasteiger partial charge in [-0.25, -0.2) is 0 Å². The molecule has 0 aliphatic rings. The molecule has 2 aromatic carbocycles. The molecule has 0 fully saturated rings. The minimum absolute atomic E-state index is 0.352. The second-order valence-electron chi connectivity index (χ2n) is 3.87. The molecule has 0 saturated carbocycles. The van der Waals surface area contributed by atoms with E-state index in [0.29, 0.717) is 5.75 Å². The van der Waals surface area contributed by atoms with Crippen molar-refractivity contribution in [2.75, 3.05) is 5.73 Å². The average molecular weight is 275 g/mol. The second-order valence-corrected chi connectivity index (χ2v) is 4.47. The Bertz CT molecular complexity index is 591. The fraction of sp³-hybridized carbons (Fsp3) is 0. The lowest BCUT2D eigenvalue weighted by atomic mass is 10.1. The molecule has 19 heavy (non-hydrogen) atoms. The summed E-state index contributed by atoms with van der Waals surface area (Å²) in [5, 5.41) is 0. The van der Waals surface area contributed by atoms with Crippen LogP contribution in [0.1, 0.15) is 11.1 Å². The van der Waals surface area contributed by atoms with Gasteiger partial charge in [-0.05, 0) is 35.4 Å². The van der Waals surface area contributed by atoms with Gasteiger partial charge in [-0.3, -0.25) is 4.55 Å². The zero-order valence-electron chi connectivity index (χ0n) is 10.0. The predicted molar refractivity (Wildman–Crippen MR) is 77.6 cm³/mol. The van der Waals surface area contributed by atoms with E-state index in [2.05, 4.69) is 4.18 Å². The van der Waals surface area contributed by atoms with Gasteiger partial charge in [-0.1, -0.05) is 36.4 Å². The number of hydrogen-bond donors (Lipinski definition) is 2. The van der Waals surface area contributed by atoms with Gasteiger partial charge >= 0.3 is 11.4 Å². The fourth-order valence-corrected chi connectivity index (χ4v) is 1.79. The standard InChI is InChI=1S/C14H13NO3S/c15-13-7-3-11(4-8-13)1-2-12-5-9-14(10-6-12)18-19(16)17/h1-10H,15H2,(H,16,17). The van der Waals surface area contributed by atoms with Crippen molar-refractivity contribution in [2.45, 2.75) is 0 Å². The van der Waals surface area contributed by atoms with E-state index in [0.717, 1.165) is 16.8 Å². The number of hydrogen-bond acceptors (Lipinski definition) is 3. The van der Waals surface area contributed by atoms with E-state index in [1.54, 1.807) is 24.3 Å². The van der Waals surface area contributed by atoms with Gasteiger partial charge in [-0.2, -0.15) is 4.21 Å². The van der Waals surface area contributed by atoms with Crippen LogP contribution in [-0.2, 0) is 11.4 Å². The summed E-state index contributed by atoms with van der Waals surface area (Å²) in [5.41, 5.74) is 8.35. The Hall–Kier alpha value is -2.11. The van der Waals surface area contributed by atoms with Gasteiger partial charge in [0.05, 0.1) is 0 Å². The summed E-state index contributed by atoms with van der Waals surface area (Å²) in [5.74, 6) is 0.352. The minimum atomic E-state index is -2.29. The highest BCUT2D eigenvalue weighted by atomic mass is 32.2. The largest absolute Gasteiger partial charge is 0.399 e. The van der Waals surface area contributed by atoms with Crippen molar-refractivity contribution in [3.05, 3.63) is 59.7 Å². The molecule has 98 valence electrons. The van der Waals surface area contributed by atoms with Gasteiger partial charge in [0.25, 0.3) is 0 Å². The van der Waals surface area contributed by atoms with Crippen molar-refractivity contribution in [1.82, 2.24) is 0 Å². The van der Waals surface area contributed by atoms with Crippen LogP contribution in [0.2, 0.25) is 0 Å². The second kappa shape index (κ2) is 6.17. The van der Waals surface area contributed by atoms with Crippen molar-refractivity contribution in [2.24, 2.45) is 0 Å². The number of benzene rings is 2. The molecule has 0 radical (unpaired) electrons. The van der Waals surface area contributed by atoms with E-state index in [1.165, 1.54) is 0 Å². The van der Waals surface area contributed by atoms with Gasteiger partial charge in [0.15, 0.2) is 0 Å². The molecular formula is C14H13NO3S. The average Bonchev–Trinajstić information content (AvgIpc) is 2.39. The Morgan fingerprint density at radius 1 is 0.947 bits per heavy atom. The smallest absolute Gasteiger partial charge is 0.357 e. The van der Waals surface area contributed by atoms with Gasteiger partial charge in [0.2, 0.25) is 0 Å². The molecule has 0 aliphatic heterocycles. The van der Waals surface area contributed by atoms with Crippen molar-refractivity contribution in [1.29, 1.82) is 0 Å². The van der Waals surface area contributed by atoms with E-state index in [1.807, 2.05) is 36.4 Å². The van der Waals surface area contributed by atoms with Crippen molar-refractivity contribution >= 4 is 29.2 Å². The SMILES string of the molecule is Nc1ccc(C=Cc2ccc(OS(=O)O)cc2)cc1. The topological polar surface area (TPSA) is 72.5 Å². The lowest BCUT2D eigenvalue weighted by Crippen LogP contribution is -1.96. The molecular weight excluding hydrogens is 262 g/mol. The van der Waals surface area contributed by atoms with E-state index in [-0.39, 0.29) is 0 Å². The van der Waals surface area contributed by atoms with Crippen LogP contribution in [0.3, 0.4) is 0 Å². The molecule has 0 heterocycles. The van der Waals surface area contributed by atoms with Gasteiger partial charge in [-0.15, -0.1) is 0 Å².